The van der Waals surface area contributed by atoms with E-state index in [2.05, 4.69) is 5.32 Å². The van der Waals surface area contributed by atoms with Crippen LogP contribution in [0.2, 0.25) is 5.02 Å². The van der Waals surface area contributed by atoms with Crippen molar-refractivity contribution in [3.63, 3.8) is 0 Å². The molecule has 0 saturated carbocycles. The molecule has 0 unspecified atom stereocenters. The van der Waals surface area contributed by atoms with Crippen LogP contribution in [0.15, 0.2) is 18.2 Å². The molecule has 0 saturated heterocycles. The summed E-state index contributed by atoms with van der Waals surface area (Å²) in [4.78, 5) is 22.1. The van der Waals surface area contributed by atoms with E-state index in [0.29, 0.717) is 11.3 Å². The number of carbonyl (C=O) groups is 2. The van der Waals surface area contributed by atoms with Crippen LogP contribution in [0, 0.1) is 0 Å². The SMILES string of the molecule is CC(C)(C)OC(=O)Nc1ccc(CC(=O)O)c(Cl)c1. The van der Waals surface area contributed by atoms with Crippen molar-refractivity contribution >= 4 is 29.4 Å². The topological polar surface area (TPSA) is 75.6 Å². The zero-order chi connectivity index (χ0) is 14.6. The Kier molecular flexibility index (Phi) is 4.78. The van der Waals surface area contributed by atoms with Gasteiger partial charge in [-0.1, -0.05) is 17.7 Å². The summed E-state index contributed by atoms with van der Waals surface area (Å²) in [6, 6.07) is 4.63. The van der Waals surface area contributed by atoms with Gasteiger partial charge >= 0.3 is 12.1 Å². The zero-order valence-electron chi connectivity index (χ0n) is 11.0. The number of nitrogens with one attached hydrogen (secondary N) is 1. The number of ether oxygens (including phenoxy) is 1. The molecule has 0 aliphatic heterocycles. The molecule has 2 N–H and O–H groups in total. The molecule has 0 fully saturated rings. The first-order valence-electron chi connectivity index (χ1n) is 5.67. The highest BCUT2D eigenvalue weighted by molar-refractivity contribution is 6.31. The lowest BCUT2D eigenvalue weighted by atomic mass is 10.1. The van der Waals surface area contributed by atoms with Gasteiger partial charge in [0.05, 0.1) is 6.42 Å². The number of carboxylic acid groups (broad SMARTS) is 1. The molecular weight excluding hydrogens is 270 g/mol. The minimum Gasteiger partial charge on any atom is -0.481 e. The molecule has 104 valence electrons. The first-order valence-corrected chi connectivity index (χ1v) is 6.05. The van der Waals surface area contributed by atoms with E-state index in [1.54, 1.807) is 32.9 Å². The third kappa shape index (κ3) is 5.61. The lowest BCUT2D eigenvalue weighted by Gasteiger charge is -2.19. The molecule has 1 aromatic rings. The van der Waals surface area contributed by atoms with Gasteiger partial charge < -0.3 is 9.84 Å². The molecule has 6 heteroatoms. The van der Waals surface area contributed by atoms with Gasteiger partial charge in [-0.25, -0.2) is 4.79 Å². The molecule has 0 bridgehead atoms. The first-order chi connectivity index (χ1) is 8.67. The number of rotatable bonds is 3. The minimum absolute atomic E-state index is 0.161. The van der Waals surface area contributed by atoms with E-state index in [0.717, 1.165) is 0 Å². The fraction of sp³-hybridized carbons (Fsp3) is 0.385. The normalized spacial score (nSPS) is 10.9. The predicted octanol–water partition coefficient (Wildman–Crippen LogP) is 3.31. The highest BCUT2D eigenvalue weighted by Gasteiger charge is 2.16. The smallest absolute Gasteiger partial charge is 0.412 e. The van der Waals surface area contributed by atoms with Crippen LogP contribution in [0.5, 0.6) is 0 Å². The quantitative estimate of drug-likeness (QED) is 0.893. The van der Waals surface area contributed by atoms with Gasteiger partial charge in [-0.15, -0.1) is 0 Å². The Morgan fingerprint density at radius 1 is 1.37 bits per heavy atom. The largest absolute Gasteiger partial charge is 0.481 e. The number of benzene rings is 1. The Balaban J connectivity index is 2.73. The number of hydrogen-bond acceptors (Lipinski definition) is 3. The molecule has 1 rings (SSSR count). The second-order valence-electron chi connectivity index (χ2n) is 5.00. The number of aliphatic carboxylic acids is 1. The highest BCUT2D eigenvalue weighted by Crippen LogP contribution is 2.22. The molecule has 0 aliphatic carbocycles. The van der Waals surface area contributed by atoms with Crippen LogP contribution >= 0.6 is 11.6 Å². The van der Waals surface area contributed by atoms with Gasteiger partial charge in [-0.05, 0) is 38.5 Å². The molecule has 5 nitrogen and oxygen atoms in total. The van der Waals surface area contributed by atoms with Crippen molar-refractivity contribution in [2.75, 3.05) is 5.32 Å². The van der Waals surface area contributed by atoms with Gasteiger partial charge in [-0.2, -0.15) is 0 Å². The molecule has 0 aromatic heterocycles. The van der Waals surface area contributed by atoms with Crippen molar-refractivity contribution in [1.29, 1.82) is 0 Å². The van der Waals surface area contributed by atoms with Crippen LogP contribution in [0.3, 0.4) is 0 Å². The summed E-state index contributed by atoms with van der Waals surface area (Å²) >= 11 is 5.93. The van der Waals surface area contributed by atoms with Gasteiger partial charge in [0, 0.05) is 10.7 Å². The fourth-order valence-corrected chi connectivity index (χ4v) is 1.60. The van der Waals surface area contributed by atoms with E-state index in [1.807, 2.05) is 0 Å². The van der Waals surface area contributed by atoms with Crippen molar-refractivity contribution in [1.82, 2.24) is 0 Å². The van der Waals surface area contributed by atoms with Gasteiger partial charge in [-0.3, -0.25) is 10.1 Å². The van der Waals surface area contributed by atoms with E-state index in [4.69, 9.17) is 21.4 Å². The summed E-state index contributed by atoms with van der Waals surface area (Å²) in [6.07, 6.45) is -0.750. The molecule has 0 spiro atoms. The minimum atomic E-state index is -0.963. The van der Waals surface area contributed by atoms with Gasteiger partial charge in [0.15, 0.2) is 0 Å². The average molecular weight is 286 g/mol. The van der Waals surface area contributed by atoms with Crippen LogP contribution in [0.4, 0.5) is 10.5 Å². The Morgan fingerprint density at radius 2 is 2.00 bits per heavy atom. The van der Waals surface area contributed by atoms with Gasteiger partial charge in [0.2, 0.25) is 0 Å². The first kappa shape index (κ1) is 15.3. The zero-order valence-corrected chi connectivity index (χ0v) is 11.7. The van der Waals surface area contributed by atoms with Crippen molar-refractivity contribution in [3.8, 4) is 0 Å². The summed E-state index contributed by atoms with van der Waals surface area (Å²) < 4.78 is 5.09. The monoisotopic (exact) mass is 285 g/mol. The third-order valence-corrected chi connectivity index (χ3v) is 2.39. The molecule has 0 aliphatic rings. The number of carbonyl (C=O) groups excluding carboxylic acids is 1. The van der Waals surface area contributed by atoms with Crippen LogP contribution < -0.4 is 5.32 Å². The number of amides is 1. The van der Waals surface area contributed by atoms with Crippen molar-refractivity contribution in [3.05, 3.63) is 28.8 Å². The lowest BCUT2D eigenvalue weighted by Crippen LogP contribution is -2.27. The second-order valence-corrected chi connectivity index (χ2v) is 5.41. The highest BCUT2D eigenvalue weighted by atomic mass is 35.5. The number of hydrogen-bond donors (Lipinski definition) is 2. The summed E-state index contributed by atoms with van der Waals surface area (Å²) in [6.45, 7) is 5.28. The number of carboxylic acids is 1. The van der Waals surface area contributed by atoms with Gasteiger partial charge in [0.25, 0.3) is 0 Å². The Labute approximate surface area is 116 Å². The van der Waals surface area contributed by atoms with Gasteiger partial charge in [0.1, 0.15) is 5.60 Å². The van der Waals surface area contributed by atoms with Crippen molar-refractivity contribution in [2.24, 2.45) is 0 Å². The van der Waals surface area contributed by atoms with E-state index in [-0.39, 0.29) is 11.4 Å². The maximum absolute atomic E-state index is 11.5. The molecule has 0 heterocycles. The lowest BCUT2D eigenvalue weighted by molar-refractivity contribution is -0.136. The van der Waals surface area contributed by atoms with Crippen molar-refractivity contribution < 1.29 is 19.4 Å². The van der Waals surface area contributed by atoms with E-state index >= 15 is 0 Å². The molecular formula is C13H16ClNO4. The van der Waals surface area contributed by atoms with E-state index < -0.39 is 17.7 Å². The fourth-order valence-electron chi connectivity index (χ4n) is 1.35. The molecule has 1 aromatic carbocycles. The van der Waals surface area contributed by atoms with Crippen LogP contribution in [-0.4, -0.2) is 22.8 Å². The number of halogens is 1. The molecule has 19 heavy (non-hydrogen) atoms. The van der Waals surface area contributed by atoms with E-state index in [1.165, 1.54) is 6.07 Å². The molecule has 1 amide bonds. The van der Waals surface area contributed by atoms with E-state index in [9.17, 15) is 9.59 Å². The summed E-state index contributed by atoms with van der Waals surface area (Å²) in [5.41, 5.74) is 0.356. The van der Waals surface area contributed by atoms with Crippen LogP contribution in [-0.2, 0) is 16.0 Å². The average Bonchev–Trinajstić information content (AvgIpc) is 2.18. The number of anilines is 1. The Morgan fingerprint density at radius 3 is 2.47 bits per heavy atom. The maximum atomic E-state index is 11.5. The Hall–Kier alpha value is -1.75. The third-order valence-electron chi connectivity index (χ3n) is 2.04. The Bertz CT molecular complexity index is 494. The molecule has 0 radical (unpaired) electrons. The predicted molar refractivity (Wildman–Crippen MR) is 72.6 cm³/mol. The second kappa shape index (κ2) is 5.93. The van der Waals surface area contributed by atoms with Crippen LogP contribution in [0.1, 0.15) is 26.3 Å². The molecule has 0 atom stereocenters. The van der Waals surface area contributed by atoms with Crippen molar-refractivity contribution in [2.45, 2.75) is 32.8 Å². The van der Waals surface area contributed by atoms with Crippen LogP contribution in [0.25, 0.3) is 0 Å². The summed E-state index contributed by atoms with van der Waals surface area (Å²) in [7, 11) is 0. The maximum Gasteiger partial charge on any atom is 0.412 e. The standard InChI is InChI=1S/C13H16ClNO4/c1-13(2,3)19-12(18)15-9-5-4-8(6-11(16)17)10(14)7-9/h4-5,7H,6H2,1-3H3,(H,15,18)(H,16,17). The summed E-state index contributed by atoms with van der Waals surface area (Å²) in [5.74, 6) is -0.963. The summed E-state index contributed by atoms with van der Waals surface area (Å²) in [5, 5.41) is 11.5.